The number of nitrogens with zero attached hydrogens (tertiary/aromatic N) is 1. The van der Waals surface area contributed by atoms with Crippen LogP contribution in [0.25, 0.3) is 0 Å². The summed E-state index contributed by atoms with van der Waals surface area (Å²) >= 11 is 0. The lowest BCUT2D eigenvalue weighted by molar-refractivity contribution is -0.139. The first-order valence-corrected chi connectivity index (χ1v) is 7.65. The minimum Gasteiger partial charge on any atom is -0.481 e. The number of hydrogen-bond donors (Lipinski definition) is 2. The number of carbonyl (C=O) groups is 3. The van der Waals surface area contributed by atoms with Crippen molar-refractivity contribution >= 4 is 17.8 Å². The molecule has 0 saturated carbocycles. The number of benzene rings is 1. The summed E-state index contributed by atoms with van der Waals surface area (Å²) in [7, 11) is 0. The first kappa shape index (κ1) is 19.5. The quantitative estimate of drug-likeness (QED) is 0.744. The van der Waals surface area contributed by atoms with Gasteiger partial charge in [0.2, 0.25) is 5.91 Å². The van der Waals surface area contributed by atoms with E-state index in [2.05, 4.69) is 0 Å². The van der Waals surface area contributed by atoms with E-state index < -0.39 is 18.5 Å². The van der Waals surface area contributed by atoms with E-state index in [9.17, 15) is 14.4 Å². The molecule has 24 heavy (non-hydrogen) atoms. The van der Waals surface area contributed by atoms with Crippen molar-refractivity contribution in [2.24, 2.45) is 11.7 Å². The summed E-state index contributed by atoms with van der Waals surface area (Å²) in [6.45, 7) is 7.19. The molecule has 0 saturated heterocycles. The van der Waals surface area contributed by atoms with Crippen molar-refractivity contribution in [1.29, 1.82) is 0 Å². The Labute approximate surface area is 141 Å². The number of carboxylic acid groups (broad SMARTS) is 1. The van der Waals surface area contributed by atoms with E-state index in [-0.39, 0.29) is 18.4 Å². The average Bonchev–Trinajstić information content (AvgIpc) is 2.43. The van der Waals surface area contributed by atoms with E-state index in [0.29, 0.717) is 29.0 Å². The molecule has 0 unspecified atom stereocenters. The second kappa shape index (κ2) is 8.33. The van der Waals surface area contributed by atoms with Gasteiger partial charge in [-0.1, -0.05) is 13.8 Å². The lowest BCUT2D eigenvalue weighted by Gasteiger charge is -2.24. The fourth-order valence-electron chi connectivity index (χ4n) is 2.47. The molecule has 0 atom stereocenters. The van der Waals surface area contributed by atoms with E-state index in [1.54, 1.807) is 26.0 Å². The van der Waals surface area contributed by atoms with Crippen molar-refractivity contribution in [3.05, 3.63) is 28.8 Å². The van der Waals surface area contributed by atoms with Gasteiger partial charge < -0.3 is 20.5 Å². The van der Waals surface area contributed by atoms with Crippen LogP contribution in [0.15, 0.2) is 12.1 Å². The molecule has 0 aliphatic heterocycles. The molecule has 1 aromatic rings. The number of aliphatic carboxylic acids is 1. The molecule has 0 aromatic heterocycles. The molecular formula is C17H24N2O5. The third kappa shape index (κ3) is 5.57. The number of ether oxygens (including phenoxy) is 1. The number of amides is 2. The fraction of sp³-hybridized carbons (Fsp3) is 0.471. The third-order valence-electron chi connectivity index (χ3n) is 3.27. The number of nitrogens with two attached hydrogens (primary N) is 1. The van der Waals surface area contributed by atoms with Crippen molar-refractivity contribution in [2.75, 3.05) is 19.7 Å². The lowest BCUT2D eigenvalue weighted by Crippen LogP contribution is -2.40. The fourth-order valence-corrected chi connectivity index (χ4v) is 2.47. The van der Waals surface area contributed by atoms with E-state index in [4.69, 9.17) is 15.6 Å². The Kier molecular flexibility index (Phi) is 6.76. The normalized spacial score (nSPS) is 10.5. The first-order chi connectivity index (χ1) is 11.1. The van der Waals surface area contributed by atoms with E-state index in [1.807, 2.05) is 13.8 Å². The standard InChI is InChI=1S/C17H24N2O5/c1-10(2)7-19(8-14(18)20)17(23)13-5-11(3)16(12(4)6-13)24-9-15(21)22/h5-6,10H,7-9H2,1-4H3,(H2,18,20)(H,21,22). The lowest BCUT2D eigenvalue weighted by atomic mass is 10.0. The summed E-state index contributed by atoms with van der Waals surface area (Å²) in [4.78, 5) is 35.9. The Morgan fingerprint density at radius 1 is 1.21 bits per heavy atom. The molecule has 0 radical (unpaired) electrons. The molecule has 132 valence electrons. The summed E-state index contributed by atoms with van der Waals surface area (Å²) in [5, 5.41) is 8.71. The van der Waals surface area contributed by atoms with Gasteiger partial charge in [-0.25, -0.2) is 4.79 Å². The van der Waals surface area contributed by atoms with Gasteiger partial charge in [0, 0.05) is 12.1 Å². The van der Waals surface area contributed by atoms with Crippen LogP contribution in [0.4, 0.5) is 0 Å². The van der Waals surface area contributed by atoms with Gasteiger partial charge in [0.05, 0.1) is 6.54 Å². The van der Waals surface area contributed by atoms with Crippen molar-refractivity contribution in [1.82, 2.24) is 4.90 Å². The largest absolute Gasteiger partial charge is 0.481 e. The molecule has 1 rings (SSSR count). The molecule has 0 bridgehead atoms. The highest BCUT2D eigenvalue weighted by Gasteiger charge is 2.20. The van der Waals surface area contributed by atoms with Gasteiger partial charge in [0.15, 0.2) is 6.61 Å². The van der Waals surface area contributed by atoms with Gasteiger partial charge >= 0.3 is 5.97 Å². The molecule has 0 heterocycles. The van der Waals surface area contributed by atoms with Crippen molar-refractivity contribution in [3.63, 3.8) is 0 Å². The zero-order valence-corrected chi connectivity index (χ0v) is 14.5. The predicted octanol–water partition coefficient (Wildman–Crippen LogP) is 1.35. The highest BCUT2D eigenvalue weighted by atomic mass is 16.5. The molecule has 2 amide bonds. The second-order valence-corrected chi connectivity index (χ2v) is 6.17. The Balaban J connectivity index is 3.08. The molecule has 0 aliphatic rings. The van der Waals surface area contributed by atoms with Gasteiger partial charge in [0.1, 0.15) is 5.75 Å². The minimum absolute atomic E-state index is 0.146. The van der Waals surface area contributed by atoms with Gasteiger partial charge in [-0.3, -0.25) is 9.59 Å². The van der Waals surface area contributed by atoms with Gasteiger partial charge in [-0.15, -0.1) is 0 Å². The van der Waals surface area contributed by atoms with E-state index >= 15 is 0 Å². The monoisotopic (exact) mass is 336 g/mol. The van der Waals surface area contributed by atoms with Crippen LogP contribution in [0.5, 0.6) is 5.75 Å². The van der Waals surface area contributed by atoms with E-state index in [0.717, 1.165) is 0 Å². The number of primary amides is 1. The molecule has 0 spiro atoms. The minimum atomic E-state index is -1.07. The zero-order chi connectivity index (χ0) is 18.4. The van der Waals surface area contributed by atoms with Crippen LogP contribution in [0, 0.1) is 19.8 Å². The van der Waals surface area contributed by atoms with Gasteiger partial charge in [0.25, 0.3) is 5.91 Å². The second-order valence-electron chi connectivity index (χ2n) is 6.17. The summed E-state index contributed by atoms with van der Waals surface area (Å²) in [6, 6.07) is 3.25. The summed E-state index contributed by atoms with van der Waals surface area (Å²) in [5.41, 5.74) is 6.95. The third-order valence-corrected chi connectivity index (χ3v) is 3.27. The molecule has 1 aromatic carbocycles. The maximum atomic E-state index is 12.7. The van der Waals surface area contributed by atoms with Crippen LogP contribution in [-0.2, 0) is 9.59 Å². The number of aryl methyl sites for hydroxylation is 2. The van der Waals surface area contributed by atoms with Crippen LogP contribution < -0.4 is 10.5 Å². The van der Waals surface area contributed by atoms with Crippen LogP contribution in [0.1, 0.15) is 35.3 Å². The number of carboxylic acids is 1. The van der Waals surface area contributed by atoms with Crippen LogP contribution >= 0.6 is 0 Å². The maximum Gasteiger partial charge on any atom is 0.341 e. The summed E-state index contributed by atoms with van der Waals surface area (Å²) in [5.74, 6) is -1.30. The predicted molar refractivity (Wildman–Crippen MR) is 89.0 cm³/mol. The zero-order valence-electron chi connectivity index (χ0n) is 14.5. The summed E-state index contributed by atoms with van der Waals surface area (Å²) < 4.78 is 5.25. The topological polar surface area (TPSA) is 110 Å². The average molecular weight is 336 g/mol. The van der Waals surface area contributed by atoms with Crippen molar-refractivity contribution in [2.45, 2.75) is 27.7 Å². The number of carbonyl (C=O) groups excluding carboxylic acids is 2. The van der Waals surface area contributed by atoms with Crippen LogP contribution in [-0.4, -0.2) is 47.5 Å². The Morgan fingerprint density at radius 2 is 1.75 bits per heavy atom. The SMILES string of the molecule is Cc1cc(C(=O)N(CC(N)=O)CC(C)C)cc(C)c1OCC(=O)O. The van der Waals surface area contributed by atoms with Gasteiger partial charge in [-0.05, 0) is 43.0 Å². The Bertz CT molecular complexity index is 617. The number of rotatable bonds is 8. The molecule has 7 nitrogen and oxygen atoms in total. The van der Waals surface area contributed by atoms with E-state index in [1.165, 1.54) is 4.90 Å². The van der Waals surface area contributed by atoms with Crippen LogP contribution in [0.2, 0.25) is 0 Å². The maximum absolute atomic E-state index is 12.7. The number of hydrogen-bond acceptors (Lipinski definition) is 4. The first-order valence-electron chi connectivity index (χ1n) is 7.65. The van der Waals surface area contributed by atoms with Gasteiger partial charge in [-0.2, -0.15) is 0 Å². The van der Waals surface area contributed by atoms with Crippen LogP contribution in [0.3, 0.4) is 0 Å². The molecule has 7 heteroatoms. The highest BCUT2D eigenvalue weighted by Crippen LogP contribution is 2.25. The molecule has 0 aliphatic carbocycles. The Morgan fingerprint density at radius 3 is 2.17 bits per heavy atom. The molecular weight excluding hydrogens is 312 g/mol. The molecule has 3 N–H and O–H groups in total. The molecule has 0 fully saturated rings. The summed E-state index contributed by atoms with van der Waals surface area (Å²) in [6.07, 6.45) is 0. The Hall–Kier alpha value is -2.57. The van der Waals surface area contributed by atoms with Crippen molar-refractivity contribution in [3.8, 4) is 5.75 Å². The van der Waals surface area contributed by atoms with Crippen molar-refractivity contribution < 1.29 is 24.2 Å². The smallest absolute Gasteiger partial charge is 0.341 e. The highest BCUT2D eigenvalue weighted by molar-refractivity contribution is 5.97.